The summed E-state index contributed by atoms with van der Waals surface area (Å²) in [5.74, 6) is -1.30. The van der Waals surface area contributed by atoms with Gasteiger partial charge in [-0.05, 0) is 19.1 Å². The average molecular weight is 337 g/mol. The highest BCUT2D eigenvalue weighted by Crippen LogP contribution is 2.38. The van der Waals surface area contributed by atoms with Crippen LogP contribution in [0, 0.1) is 6.92 Å². The SMILES string of the molecule is Cc1c(-c2ccc(C(=O)c3ccccc3)s2)noc1C(F)(F)F. The molecule has 1 aromatic carbocycles. The highest BCUT2D eigenvalue weighted by atomic mass is 32.1. The van der Waals surface area contributed by atoms with Crippen molar-refractivity contribution >= 4 is 17.1 Å². The van der Waals surface area contributed by atoms with Crippen LogP contribution in [0.3, 0.4) is 0 Å². The fraction of sp³-hybridized carbons (Fsp3) is 0.125. The second kappa shape index (κ2) is 5.66. The van der Waals surface area contributed by atoms with E-state index in [-0.39, 0.29) is 17.0 Å². The number of alkyl halides is 3. The maximum atomic E-state index is 12.7. The zero-order valence-corrected chi connectivity index (χ0v) is 12.7. The predicted molar refractivity (Wildman–Crippen MR) is 79.4 cm³/mol. The van der Waals surface area contributed by atoms with Gasteiger partial charge in [0.2, 0.25) is 11.5 Å². The van der Waals surface area contributed by atoms with Crippen LogP contribution in [0.25, 0.3) is 10.6 Å². The van der Waals surface area contributed by atoms with Gasteiger partial charge in [-0.1, -0.05) is 35.5 Å². The number of hydrogen-bond donors (Lipinski definition) is 0. The number of carbonyl (C=O) groups is 1. The van der Waals surface area contributed by atoms with Gasteiger partial charge in [-0.25, -0.2) is 0 Å². The van der Waals surface area contributed by atoms with Crippen LogP contribution < -0.4 is 0 Å². The van der Waals surface area contributed by atoms with E-state index < -0.39 is 11.9 Å². The number of carbonyl (C=O) groups excluding carboxylic acids is 1. The summed E-state index contributed by atoms with van der Waals surface area (Å²) in [6.45, 7) is 1.30. The average Bonchev–Trinajstić information content (AvgIpc) is 3.13. The van der Waals surface area contributed by atoms with E-state index in [1.165, 1.54) is 6.92 Å². The first kappa shape index (κ1) is 15.5. The van der Waals surface area contributed by atoms with Crippen LogP contribution in [0.1, 0.15) is 26.6 Å². The smallest absolute Gasteiger partial charge is 0.351 e. The van der Waals surface area contributed by atoms with E-state index in [4.69, 9.17) is 0 Å². The van der Waals surface area contributed by atoms with Crippen molar-refractivity contribution in [2.24, 2.45) is 0 Å². The van der Waals surface area contributed by atoms with Gasteiger partial charge in [-0.3, -0.25) is 4.79 Å². The minimum Gasteiger partial charge on any atom is -0.351 e. The van der Waals surface area contributed by atoms with Crippen molar-refractivity contribution < 1.29 is 22.5 Å². The molecule has 0 atom stereocenters. The van der Waals surface area contributed by atoms with E-state index >= 15 is 0 Å². The molecule has 0 fully saturated rings. The zero-order chi connectivity index (χ0) is 16.6. The van der Waals surface area contributed by atoms with Gasteiger partial charge >= 0.3 is 6.18 Å². The quantitative estimate of drug-likeness (QED) is 0.634. The zero-order valence-electron chi connectivity index (χ0n) is 11.8. The van der Waals surface area contributed by atoms with E-state index in [1.54, 1.807) is 42.5 Å². The molecule has 0 spiro atoms. The summed E-state index contributed by atoms with van der Waals surface area (Å²) < 4.78 is 42.7. The van der Waals surface area contributed by atoms with Gasteiger partial charge in [-0.15, -0.1) is 11.3 Å². The molecule has 0 saturated heterocycles. The topological polar surface area (TPSA) is 43.1 Å². The summed E-state index contributed by atoms with van der Waals surface area (Å²) in [6, 6.07) is 11.8. The van der Waals surface area contributed by atoms with E-state index in [0.29, 0.717) is 15.3 Å². The maximum Gasteiger partial charge on any atom is 0.452 e. The first-order valence-electron chi connectivity index (χ1n) is 6.61. The van der Waals surface area contributed by atoms with E-state index in [9.17, 15) is 18.0 Å². The molecule has 0 N–H and O–H groups in total. The Morgan fingerprint density at radius 2 is 1.83 bits per heavy atom. The van der Waals surface area contributed by atoms with Crippen molar-refractivity contribution in [3.8, 4) is 10.6 Å². The molecule has 2 heterocycles. The molecule has 0 aliphatic heterocycles. The third-order valence-electron chi connectivity index (χ3n) is 3.28. The monoisotopic (exact) mass is 337 g/mol. The Morgan fingerprint density at radius 3 is 2.43 bits per heavy atom. The largest absolute Gasteiger partial charge is 0.452 e. The Bertz CT molecular complexity index is 850. The lowest BCUT2D eigenvalue weighted by atomic mass is 10.1. The molecular formula is C16H10F3NO2S. The van der Waals surface area contributed by atoms with Crippen molar-refractivity contribution in [1.29, 1.82) is 0 Å². The number of halogens is 3. The lowest BCUT2D eigenvalue weighted by Crippen LogP contribution is -2.04. The van der Waals surface area contributed by atoms with E-state index in [1.807, 2.05) is 0 Å². The Hall–Kier alpha value is -2.41. The number of aromatic nitrogens is 1. The van der Waals surface area contributed by atoms with Crippen LogP contribution >= 0.6 is 11.3 Å². The molecule has 118 valence electrons. The molecule has 3 rings (SSSR count). The van der Waals surface area contributed by atoms with E-state index in [0.717, 1.165) is 11.3 Å². The molecule has 0 bridgehead atoms. The van der Waals surface area contributed by atoms with E-state index in [2.05, 4.69) is 9.68 Å². The highest BCUT2D eigenvalue weighted by molar-refractivity contribution is 7.17. The highest BCUT2D eigenvalue weighted by Gasteiger charge is 2.39. The summed E-state index contributed by atoms with van der Waals surface area (Å²) >= 11 is 1.09. The minimum atomic E-state index is -4.59. The van der Waals surface area contributed by atoms with Crippen LogP contribution in [0.15, 0.2) is 47.0 Å². The number of thiophene rings is 1. The fourth-order valence-electron chi connectivity index (χ4n) is 2.15. The summed E-state index contributed by atoms with van der Waals surface area (Å²) in [4.78, 5) is 13.2. The van der Waals surface area contributed by atoms with Crippen molar-refractivity contribution in [3.63, 3.8) is 0 Å². The Balaban J connectivity index is 1.94. The summed E-state index contributed by atoms with van der Waals surface area (Å²) in [5.41, 5.74) is 0.543. The summed E-state index contributed by atoms with van der Waals surface area (Å²) in [6.07, 6.45) is -4.59. The molecule has 3 aromatic rings. The van der Waals surface area contributed by atoms with Crippen molar-refractivity contribution in [2.75, 3.05) is 0 Å². The predicted octanol–water partition coefficient (Wildman–Crippen LogP) is 4.96. The molecular weight excluding hydrogens is 327 g/mol. The van der Waals surface area contributed by atoms with Crippen LogP contribution in [0.4, 0.5) is 13.2 Å². The molecule has 0 aliphatic carbocycles. The first-order valence-corrected chi connectivity index (χ1v) is 7.43. The number of hydrogen-bond acceptors (Lipinski definition) is 4. The third-order valence-corrected chi connectivity index (χ3v) is 4.37. The van der Waals surface area contributed by atoms with Crippen molar-refractivity contribution in [2.45, 2.75) is 13.1 Å². The summed E-state index contributed by atoms with van der Waals surface area (Å²) in [5, 5.41) is 3.50. The van der Waals surface area contributed by atoms with Crippen molar-refractivity contribution in [1.82, 2.24) is 5.16 Å². The number of ketones is 1. The van der Waals surface area contributed by atoms with Crippen LogP contribution in [-0.2, 0) is 6.18 Å². The molecule has 0 unspecified atom stereocenters. The molecule has 23 heavy (non-hydrogen) atoms. The normalized spacial score (nSPS) is 11.7. The lowest BCUT2D eigenvalue weighted by Gasteiger charge is -2.01. The molecule has 0 aliphatic rings. The Kier molecular flexibility index (Phi) is 3.81. The first-order chi connectivity index (χ1) is 10.9. The Morgan fingerprint density at radius 1 is 1.13 bits per heavy atom. The molecule has 0 saturated carbocycles. The number of nitrogens with zero attached hydrogens (tertiary/aromatic N) is 1. The summed E-state index contributed by atoms with van der Waals surface area (Å²) in [7, 11) is 0. The maximum absolute atomic E-state index is 12.7. The standard InChI is InChI=1S/C16H10F3NO2S/c1-9-13(20-22-15(9)16(17,18)19)11-7-8-12(23-11)14(21)10-5-3-2-4-6-10/h2-8H,1H3. The van der Waals surface area contributed by atoms with Crippen LogP contribution in [0.2, 0.25) is 0 Å². The van der Waals surface area contributed by atoms with Gasteiger partial charge in [0.25, 0.3) is 0 Å². The fourth-order valence-corrected chi connectivity index (χ4v) is 3.16. The second-order valence-corrected chi connectivity index (χ2v) is 5.93. The lowest BCUT2D eigenvalue weighted by molar-refractivity contribution is -0.156. The molecule has 2 aromatic heterocycles. The van der Waals surface area contributed by atoms with Crippen LogP contribution in [0.5, 0.6) is 0 Å². The second-order valence-electron chi connectivity index (χ2n) is 4.84. The van der Waals surface area contributed by atoms with Gasteiger partial charge in [0.1, 0.15) is 5.69 Å². The Labute approximate surface area is 133 Å². The minimum absolute atomic E-state index is 0.0851. The van der Waals surface area contributed by atoms with Gasteiger partial charge in [0.15, 0.2) is 0 Å². The van der Waals surface area contributed by atoms with Gasteiger partial charge in [-0.2, -0.15) is 13.2 Å². The van der Waals surface area contributed by atoms with Crippen LogP contribution in [-0.4, -0.2) is 10.9 Å². The van der Waals surface area contributed by atoms with Gasteiger partial charge in [0.05, 0.1) is 9.75 Å². The molecule has 3 nitrogen and oxygen atoms in total. The van der Waals surface area contributed by atoms with Gasteiger partial charge in [0, 0.05) is 11.1 Å². The molecule has 7 heteroatoms. The van der Waals surface area contributed by atoms with Crippen molar-refractivity contribution in [3.05, 3.63) is 64.2 Å². The molecule has 0 radical (unpaired) electrons. The van der Waals surface area contributed by atoms with Gasteiger partial charge < -0.3 is 4.52 Å². The number of rotatable bonds is 3. The third kappa shape index (κ3) is 2.92. The molecule has 0 amide bonds. The number of benzene rings is 1.